The molecular formula is C26H32N4O3. The number of carbonyl (C=O) groups is 1. The Labute approximate surface area is 194 Å². The number of aryl methyl sites for hydroxylation is 2. The summed E-state index contributed by atoms with van der Waals surface area (Å²) >= 11 is 0. The molecule has 0 N–H and O–H groups in total. The van der Waals surface area contributed by atoms with Crippen molar-refractivity contribution in [2.75, 3.05) is 39.5 Å². The van der Waals surface area contributed by atoms with Crippen LogP contribution in [0.2, 0.25) is 0 Å². The van der Waals surface area contributed by atoms with E-state index in [1.165, 1.54) is 11.1 Å². The predicted octanol–water partition coefficient (Wildman–Crippen LogP) is 3.11. The maximum absolute atomic E-state index is 14.2. The zero-order valence-electron chi connectivity index (χ0n) is 19.5. The van der Waals surface area contributed by atoms with Crippen LogP contribution < -0.4 is 0 Å². The van der Waals surface area contributed by atoms with E-state index in [2.05, 4.69) is 42.1 Å². The number of hydrogen-bond donors (Lipinski definition) is 0. The molecule has 174 valence electrons. The van der Waals surface area contributed by atoms with Crippen molar-refractivity contribution < 1.29 is 14.3 Å². The second-order valence-corrected chi connectivity index (χ2v) is 9.52. The third-order valence-electron chi connectivity index (χ3n) is 6.96. The van der Waals surface area contributed by atoms with E-state index in [-0.39, 0.29) is 11.8 Å². The normalized spacial score (nSPS) is 21.2. The minimum absolute atomic E-state index is 0.195. The van der Waals surface area contributed by atoms with Gasteiger partial charge in [0.1, 0.15) is 0 Å². The minimum atomic E-state index is -0.530. The average Bonchev–Trinajstić information content (AvgIpc) is 3.16. The first kappa shape index (κ1) is 22.0. The van der Waals surface area contributed by atoms with Crippen LogP contribution in [0.25, 0.3) is 5.65 Å². The molecular weight excluding hydrogens is 416 g/mol. The monoisotopic (exact) mass is 448 g/mol. The molecule has 0 aliphatic carbocycles. The Morgan fingerprint density at radius 2 is 1.88 bits per heavy atom. The van der Waals surface area contributed by atoms with Gasteiger partial charge in [-0.25, -0.2) is 9.50 Å². The predicted molar refractivity (Wildman–Crippen MR) is 125 cm³/mol. The molecule has 1 aromatic carbocycles. The molecule has 2 saturated heterocycles. The molecule has 0 unspecified atom stereocenters. The highest BCUT2D eigenvalue weighted by atomic mass is 16.5. The first-order valence-corrected chi connectivity index (χ1v) is 11.9. The van der Waals surface area contributed by atoms with Crippen molar-refractivity contribution in [3.05, 3.63) is 65.1 Å². The van der Waals surface area contributed by atoms with Crippen LogP contribution in [0.4, 0.5) is 0 Å². The highest BCUT2D eigenvalue weighted by Gasteiger charge is 2.44. The third-order valence-corrected chi connectivity index (χ3v) is 6.96. The lowest BCUT2D eigenvalue weighted by Crippen LogP contribution is -2.51. The molecule has 7 heteroatoms. The van der Waals surface area contributed by atoms with Crippen molar-refractivity contribution in [3.63, 3.8) is 0 Å². The van der Waals surface area contributed by atoms with E-state index in [1.807, 2.05) is 23.2 Å². The van der Waals surface area contributed by atoms with Gasteiger partial charge in [0.2, 0.25) is 5.91 Å². The molecule has 0 radical (unpaired) electrons. The number of aromatic nitrogens is 3. The fourth-order valence-electron chi connectivity index (χ4n) is 5.35. The molecule has 0 spiro atoms. The number of hydrogen-bond acceptors (Lipinski definition) is 5. The number of imidazole rings is 1. The number of benzene rings is 1. The summed E-state index contributed by atoms with van der Waals surface area (Å²) in [7, 11) is 0. The van der Waals surface area contributed by atoms with Gasteiger partial charge in [0, 0.05) is 44.6 Å². The van der Waals surface area contributed by atoms with E-state index in [0.29, 0.717) is 39.5 Å². The summed E-state index contributed by atoms with van der Waals surface area (Å²) in [5.41, 5.74) is 4.81. The van der Waals surface area contributed by atoms with Gasteiger partial charge in [0.15, 0.2) is 5.65 Å². The minimum Gasteiger partial charge on any atom is -0.381 e. The second kappa shape index (κ2) is 9.23. The number of carbonyl (C=O) groups excluding carboxylic acids is 1. The van der Waals surface area contributed by atoms with Crippen LogP contribution in [-0.4, -0.2) is 64.9 Å². The lowest BCUT2D eigenvalue weighted by Gasteiger charge is -2.40. The number of rotatable bonds is 4. The Morgan fingerprint density at radius 1 is 1.09 bits per heavy atom. The Bertz CT molecular complexity index is 1120. The van der Waals surface area contributed by atoms with Crippen LogP contribution in [0.1, 0.15) is 35.2 Å². The molecule has 33 heavy (non-hydrogen) atoms. The molecule has 5 rings (SSSR count). The van der Waals surface area contributed by atoms with E-state index in [1.54, 1.807) is 10.7 Å². The Kier molecular flexibility index (Phi) is 6.17. The summed E-state index contributed by atoms with van der Waals surface area (Å²) in [4.78, 5) is 20.5. The van der Waals surface area contributed by atoms with E-state index >= 15 is 0 Å². The maximum atomic E-state index is 14.2. The molecule has 2 aliphatic rings. The van der Waals surface area contributed by atoms with Crippen LogP contribution in [0, 0.1) is 19.8 Å². The van der Waals surface area contributed by atoms with Crippen molar-refractivity contribution >= 4 is 11.6 Å². The van der Waals surface area contributed by atoms with Crippen molar-refractivity contribution in [2.45, 2.75) is 38.5 Å². The van der Waals surface area contributed by atoms with Crippen LogP contribution in [0.3, 0.4) is 0 Å². The van der Waals surface area contributed by atoms with Gasteiger partial charge in [-0.05, 0) is 50.8 Å². The van der Waals surface area contributed by atoms with Gasteiger partial charge < -0.3 is 14.4 Å². The molecule has 1 atom stereocenters. The Balaban J connectivity index is 1.40. The molecule has 3 aromatic rings. The van der Waals surface area contributed by atoms with Gasteiger partial charge in [-0.15, -0.1) is 0 Å². The van der Waals surface area contributed by atoms with Crippen molar-refractivity contribution in [2.24, 2.45) is 5.92 Å². The Hall–Kier alpha value is -2.77. The zero-order chi connectivity index (χ0) is 22.8. The average molecular weight is 449 g/mol. The van der Waals surface area contributed by atoms with Crippen LogP contribution in [0.15, 0.2) is 42.7 Å². The summed E-state index contributed by atoms with van der Waals surface area (Å²) in [6, 6.07) is 10.5. The largest absolute Gasteiger partial charge is 0.381 e. The molecule has 2 aromatic heterocycles. The number of amides is 1. The molecule has 2 fully saturated rings. The zero-order valence-corrected chi connectivity index (χ0v) is 19.5. The van der Waals surface area contributed by atoms with E-state index in [0.717, 1.165) is 36.2 Å². The molecule has 0 bridgehead atoms. The van der Waals surface area contributed by atoms with Crippen LogP contribution in [0.5, 0.6) is 0 Å². The Morgan fingerprint density at radius 3 is 2.67 bits per heavy atom. The maximum Gasteiger partial charge on any atom is 0.233 e. The van der Waals surface area contributed by atoms with Crippen LogP contribution in [-0.2, 0) is 26.1 Å². The molecule has 2 aliphatic heterocycles. The van der Waals surface area contributed by atoms with Crippen LogP contribution >= 0.6 is 0 Å². The quantitative estimate of drug-likeness (QED) is 0.614. The summed E-state index contributed by atoms with van der Waals surface area (Å²) in [6.45, 7) is 7.93. The number of nitrogens with zero attached hydrogens (tertiary/aromatic N) is 4. The van der Waals surface area contributed by atoms with Crippen molar-refractivity contribution in [3.8, 4) is 0 Å². The molecule has 7 nitrogen and oxygen atoms in total. The van der Waals surface area contributed by atoms with Gasteiger partial charge in [-0.1, -0.05) is 29.3 Å². The smallest absolute Gasteiger partial charge is 0.233 e. The number of ether oxygens (including phenoxy) is 2. The van der Waals surface area contributed by atoms with Gasteiger partial charge in [-0.2, -0.15) is 5.10 Å². The summed E-state index contributed by atoms with van der Waals surface area (Å²) in [5.74, 6) is 0.408. The molecule has 4 heterocycles. The van der Waals surface area contributed by atoms with E-state index < -0.39 is 5.41 Å². The first-order valence-electron chi connectivity index (χ1n) is 11.9. The second-order valence-electron chi connectivity index (χ2n) is 9.52. The fourth-order valence-corrected chi connectivity index (χ4v) is 5.35. The van der Waals surface area contributed by atoms with Gasteiger partial charge in [-0.3, -0.25) is 4.79 Å². The highest BCUT2D eigenvalue weighted by Crippen LogP contribution is 2.38. The number of fused-ring (bicyclic) bond motifs is 1. The van der Waals surface area contributed by atoms with Gasteiger partial charge in [0.05, 0.1) is 24.3 Å². The molecule has 0 saturated carbocycles. The topological polar surface area (TPSA) is 69.0 Å². The summed E-state index contributed by atoms with van der Waals surface area (Å²) in [6.07, 6.45) is 5.81. The third kappa shape index (κ3) is 4.52. The standard InChI is InChI=1S/C26H32N4O3/c1-19-13-20(2)15-22(14-19)26(5-10-32-11-6-26)25(31)29-9-12-33-18-21(17-29)16-23-3-4-24-27-7-8-30(24)28-23/h3-4,7-8,13-15,21H,5-6,9-12,16-18H2,1-2H3/t21-/m1/s1. The molecule has 1 amide bonds. The van der Waals surface area contributed by atoms with Crippen molar-refractivity contribution in [1.82, 2.24) is 19.5 Å². The van der Waals surface area contributed by atoms with Gasteiger partial charge >= 0.3 is 0 Å². The highest BCUT2D eigenvalue weighted by molar-refractivity contribution is 5.88. The van der Waals surface area contributed by atoms with Gasteiger partial charge in [0.25, 0.3) is 0 Å². The lowest BCUT2D eigenvalue weighted by atomic mass is 9.72. The SMILES string of the molecule is Cc1cc(C)cc(C2(C(=O)N3CCOC[C@H](Cc4ccc5nccn5n4)C3)CCOCC2)c1. The van der Waals surface area contributed by atoms with E-state index in [4.69, 9.17) is 9.47 Å². The summed E-state index contributed by atoms with van der Waals surface area (Å²) < 4.78 is 13.4. The van der Waals surface area contributed by atoms with E-state index in [9.17, 15) is 4.79 Å². The first-order chi connectivity index (χ1) is 16.0. The van der Waals surface area contributed by atoms with Crippen molar-refractivity contribution in [1.29, 1.82) is 0 Å². The lowest BCUT2D eigenvalue weighted by molar-refractivity contribution is -0.141. The fraction of sp³-hybridized carbons (Fsp3) is 0.500. The summed E-state index contributed by atoms with van der Waals surface area (Å²) in [5, 5.41) is 4.68.